The molecule has 1 heterocycles. The Morgan fingerprint density at radius 3 is 2.86 bits per heavy atom. The quantitative estimate of drug-likeness (QED) is 0.896. The maximum atomic E-state index is 6.09. The Labute approximate surface area is 128 Å². The molecule has 0 aromatic heterocycles. The molecule has 116 valence electrons. The maximum absolute atomic E-state index is 6.09. The predicted octanol–water partition coefficient (Wildman–Crippen LogP) is 3.70. The third-order valence-corrected chi connectivity index (χ3v) is 5.17. The van der Waals surface area contributed by atoms with E-state index in [4.69, 9.17) is 9.47 Å². The summed E-state index contributed by atoms with van der Waals surface area (Å²) in [6.07, 6.45) is 6.13. The van der Waals surface area contributed by atoms with Gasteiger partial charge in [-0.05, 0) is 50.6 Å². The first kappa shape index (κ1) is 14.9. The Morgan fingerprint density at radius 2 is 2.19 bits per heavy atom. The smallest absolute Gasteiger partial charge is 0.123 e. The molecule has 1 saturated carbocycles. The fourth-order valence-electron chi connectivity index (χ4n) is 3.94. The molecule has 2 aliphatic rings. The van der Waals surface area contributed by atoms with E-state index < -0.39 is 0 Å². The van der Waals surface area contributed by atoms with Gasteiger partial charge in [-0.3, -0.25) is 0 Å². The molecule has 0 amide bonds. The lowest BCUT2D eigenvalue weighted by Crippen LogP contribution is -2.48. The fraction of sp³-hybridized carbons (Fsp3) is 0.667. The normalized spacial score (nSPS) is 25.3. The summed E-state index contributed by atoms with van der Waals surface area (Å²) in [4.78, 5) is 0. The second-order valence-electron chi connectivity index (χ2n) is 6.42. The Kier molecular flexibility index (Phi) is 4.51. The zero-order valence-electron chi connectivity index (χ0n) is 13.2. The van der Waals surface area contributed by atoms with E-state index in [9.17, 15) is 0 Å². The standard InChI is InChI=1S/C18H27NO2/c1-3-19-17(15-7-4-5-8-16(15)20-2)14-9-12-21-18(13-14)10-6-11-18/h4-5,7-8,14,17,19H,3,6,9-13H2,1-2H3. The molecule has 2 atom stereocenters. The van der Waals surface area contributed by atoms with Crippen LogP contribution in [0.3, 0.4) is 0 Å². The van der Waals surface area contributed by atoms with Crippen LogP contribution in [0.5, 0.6) is 5.75 Å². The van der Waals surface area contributed by atoms with E-state index in [0.29, 0.717) is 12.0 Å². The minimum Gasteiger partial charge on any atom is -0.496 e. The average molecular weight is 289 g/mol. The lowest BCUT2D eigenvalue weighted by molar-refractivity contribution is -0.147. The zero-order valence-corrected chi connectivity index (χ0v) is 13.2. The number of benzene rings is 1. The van der Waals surface area contributed by atoms with Crippen LogP contribution in [0.1, 0.15) is 50.6 Å². The molecule has 1 saturated heterocycles. The molecular formula is C18H27NO2. The van der Waals surface area contributed by atoms with Crippen LogP contribution in [-0.4, -0.2) is 25.9 Å². The van der Waals surface area contributed by atoms with Gasteiger partial charge in [-0.1, -0.05) is 25.1 Å². The van der Waals surface area contributed by atoms with E-state index in [2.05, 4.69) is 30.4 Å². The molecular weight excluding hydrogens is 262 g/mol. The number of methoxy groups -OCH3 is 1. The number of hydrogen-bond acceptors (Lipinski definition) is 3. The number of rotatable bonds is 5. The molecule has 1 spiro atoms. The van der Waals surface area contributed by atoms with Crippen molar-refractivity contribution in [3.8, 4) is 5.75 Å². The molecule has 1 aliphatic carbocycles. The summed E-state index contributed by atoms with van der Waals surface area (Å²) in [6.45, 7) is 4.07. The van der Waals surface area contributed by atoms with Gasteiger partial charge in [0.25, 0.3) is 0 Å². The largest absolute Gasteiger partial charge is 0.496 e. The lowest BCUT2D eigenvalue weighted by Gasteiger charge is -2.49. The van der Waals surface area contributed by atoms with Crippen molar-refractivity contribution in [2.75, 3.05) is 20.3 Å². The van der Waals surface area contributed by atoms with Gasteiger partial charge in [0, 0.05) is 18.2 Å². The number of hydrogen-bond donors (Lipinski definition) is 1. The molecule has 0 bridgehead atoms. The summed E-state index contributed by atoms with van der Waals surface area (Å²) in [5.74, 6) is 1.63. The first-order valence-corrected chi connectivity index (χ1v) is 8.28. The minimum absolute atomic E-state index is 0.193. The lowest BCUT2D eigenvalue weighted by atomic mass is 9.69. The first-order chi connectivity index (χ1) is 10.3. The van der Waals surface area contributed by atoms with Gasteiger partial charge in [-0.2, -0.15) is 0 Å². The van der Waals surface area contributed by atoms with Crippen LogP contribution in [0, 0.1) is 5.92 Å². The zero-order chi connectivity index (χ0) is 14.7. The average Bonchev–Trinajstić information content (AvgIpc) is 2.51. The molecule has 2 unspecified atom stereocenters. The van der Waals surface area contributed by atoms with Crippen molar-refractivity contribution in [2.24, 2.45) is 5.92 Å². The Hall–Kier alpha value is -1.06. The van der Waals surface area contributed by atoms with E-state index in [1.807, 2.05) is 6.07 Å². The highest BCUT2D eigenvalue weighted by molar-refractivity contribution is 5.36. The summed E-state index contributed by atoms with van der Waals surface area (Å²) in [5.41, 5.74) is 1.49. The van der Waals surface area contributed by atoms with E-state index in [1.165, 1.54) is 31.2 Å². The van der Waals surface area contributed by atoms with Gasteiger partial charge in [0.15, 0.2) is 0 Å². The molecule has 3 nitrogen and oxygen atoms in total. The Morgan fingerprint density at radius 1 is 1.38 bits per heavy atom. The summed E-state index contributed by atoms with van der Waals surface area (Å²) < 4.78 is 11.7. The molecule has 1 N–H and O–H groups in total. The van der Waals surface area contributed by atoms with Crippen molar-refractivity contribution >= 4 is 0 Å². The Balaban J connectivity index is 1.83. The monoisotopic (exact) mass is 289 g/mol. The van der Waals surface area contributed by atoms with E-state index in [-0.39, 0.29) is 5.60 Å². The molecule has 21 heavy (non-hydrogen) atoms. The first-order valence-electron chi connectivity index (χ1n) is 8.28. The molecule has 2 fully saturated rings. The number of nitrogens with one attached hydrogen (secondary N) is 1. The van der Waals surface area contributed by atoms with Crippen LogP contribution in [0.4, 0.5) is 0 Å². The highest BCUT2D eigenvalue weighted by atomic mass is 16.5. The van der Waals surface area contributed by atoms with Crippen molar-refractivity contribution in [2.45, 2.75) is 50.7 Å². The van der Waals surface area contributed by atoms with Gasteiger partial charge in [-0.15, -0.1) is 0 Å². The SMILES string of the molecule is CCNC(c1ccccc1OC)C1CCOC2(CCC2)C1. The molecule has 1 aromatic carbocycles. The van der Waals surface area contributed by atoms with Gasteiger partial charge in [-0.25, -0.2) is 0 Å². The second-order valence-corrected chi connectivity index (χ2v) is 6.42. The minimum atomic E-state index is 0.193. The van der Waals surface area contributed by atoms with E-state index in [0.717, 1.165) is 25.3 Å². The predicted molar refractivity (Wildman–Crippen MR) is 84.7 cm³/mol. The van der Waals surface area contributed by atoms with Gasteiger partial charge in [0.2, 0.25) is 0 Å². The van der Waals surface area contributed by atoms with Gasteiger partial charge < -0.3 is 14.8 Å². The van der Waals surface area contributed by atoms with Crippen LogP contribution in [0.2, 0.25) is 0 Å². The molecule has 3 heteroatoms. The van der Waals surface area contributed by atoms with Crippen LogP contribution in [0.15, 0.2) is 24.3 Å². The van der Waals surface area contributed by atoms with E-state index >= 15 is 0 Å². The van der Waals surface area contributed by atoms with Crippen molar-refractivity contribution in [1.29, 1.82) is 0 Å². The highest BCUT2D eigenvalue weighted by Gasteiger charge is 2.44. The Bertz CT molecular complexity index is 470. The number of para-hydroxylation sites is 1. The third kappa shape index (κ3) is 2.95. The van der Waals surface area contributed by atoms with Gasteiger partial charge in [0.05, 0.1) is 12.7 Å². The topological polar surface area (TPSA) is 30.5 Å². The van der Waals surface area contributed by atoms with Crippen molar-refractivity contribution in [3.05, 3.63) is 29.8 Å². The van der Waals surface area contributed by atoms with Crippen LogP contribution in [-0.2, 0) is 4.74 Å². The van der Waals surface area contributed by atoms with Crippen molar-refractivity contribution < 1.29 is 9.47 Å². The maximum Gasteiger partial charge on any atom is 0.123 e. The molecule has 0 radical (unpaired) electrons. The molecule has 1 aromatic rings. The van der Waals surface area contributed by atoms with Gasteiger partial charge in [0.1, 0.15) is 5.75 Å². The third-order valence-electron chi connectivity index (χ3n) is 5.17. The summed E-state index contributed by atoms with van der Waals surface area (Å²) in [5, 5.41) is 3.69. The van der Waals surface area contributed by atoms with Crippen molar-refractivity contribution in [3.63, 3.8) is 0 Å². The summed E-state index contributed by atoms with van der Waals surface area (Å²) in [7, 11) is 1.76. The second kappa shape index (κ2) is 6.37. The van der Waals surface area contributed by atoms with Crippen LogP contribution in [0.25, 0.3) is 0 Å². The van der Waals surface area contributed by atoms with Crippen LogP contribution >= 0.6 is 0 Å². The highest BCUT2D eigenvalue weighted by Crippen LogP contribution is 2.47. The molecule has 1 aliphatic heterocycles. The van der Waals surface area contributed by atoms with Crippen LogP contribution < -0.4 is 10.1 Å². The number of ether oxygens (including phenoxy) is 2. The fourth-order valence-corrected chi connectivity index (χ4v) is 3.94. The van der Waals surface area contributed by atoms with Crippen molar-refractivity contribution in [1.82, 2.24) is 5.32 Å². The summed E-state index contributed by atoms with van der Waals surface area (Å²) >= 11 is 0. The van der Waals surface area contributed by atoms with Gasteiger partial charge >= 0.3 is 0 Å². The van der Waals surface area contributed by atoms with E-state index in [1.54, 1.807) is 7.11 Å². The molecule has 3 rings (SSSR count). The summed E-state index contributed by atoms with van der Waals surface area (Å²) in [6, 6.07) is 8.80.